The minimum Gasteiger partial charge on any atom is -0.497 e. The molecule has 3 aromatic carbocycles. The van der Waals surface area contributed by atoms with E-state index in [2.05, 4.69) is 47.0 Å². The molecule has 0 unspecified atom stereocenters. The van der Waals surface area contributed by atoms with Crippen molar-refractivity contribution < 1.29 is 14.3 Å². The van der Waals surface area contributed by atoms with Crippen molar-refractivity contribution in [3.05, 3.63) is 78.4 Å². The van der Waals surface area contributed by atoms with E-state index in [1.807, 2.05) is 25.1 Å². The van der Waals surface area contributed by atoms with Crippen molar-refractivity contribution in [3.8, 4) is 22.6 Å². The Morgan fingerprint density at radius 3 is 2.24 bits per heavy atom. The van der Waals surface area contributed by atoms with Crippen LogP contribution in [0.3, 0.4) is 0 Å². The highest BCUT2D eigenvalue weighted by molar-refractivity contribution is 5.94. The Morgan fingerprint density at radius 1 is 0.897 bits per heavy atom. The van der Waals surface area contributed by atoms with Crippen molar-refractivity contribution in [2.45, 2.75) is 13.0 Å². The van der Waals surface area contributed by atoms with Gasteiger partial charge in [-0.3, -0.25) is 4.79 Å². The van der Waals surface area contributed by atoms with Gasteiger partial charge in [-0.25, -0.2) is 0 Å². The van der Waals surface area contributed by atoms with Crippen LogP contribution >= 0.6 is 0 Å². The first-order chi connectivity index (χ1) is 14.1. The van der Waals surface area contributed by atoms with Gasteiger partial charge in [0.25, 0.3) is 0 Å². The molecule has 29 heavy (non-hydrogen) atoms. The molecule has 5 nitrogen and oxygen atoms in total. The molecule has 150 valence electrons. The summed E-state index contributed by atoms with van der Waals surface area (Å²) in [6, 6.07) is 24.0. The van der Waals surface area contributed by atoms with Crippen LogP contribution in [0, 0.1) is 0 Å². The standard InChI is InChI=1S/C24H26N2O3/c1-17(18-9-11-20(12-10-18)19-7-5-4-6-8-19)25-16-24(27)26-22-15-21(28-2)13-14-23(22)29-3/h4-15,17,25H,16H2,1-3H3,(H,26,27)/t17-/m0/s1. The summed E-state index contributed by atoms with van der Waals surface area (Å²) in [5.74, 6) is 1.09. The third kappa shape index (κ3) is 5.36. The monoisotopic (exact) mass is 390 g/mol. The van der Waals surface area contributed by atoms with Crippen LogP contribution in [0.25, 0.3) is 11.1 Å². The van der Waals surface area contributed by atoms with Crippen molar-refractivity contribution >= 4 is 11.6 Å². The van der Waals surface area contributed by atoms with Crippen LogP contribution in [-0.2, 0) is 4.79 Å². The minimum absolute atomic E-state index is 0.0396. The summed E-state index contributed by atoms with van der Waals surface area (Å²) >= 11 is 0. The van der Waals surface area contributed by atoms with Gasteiger partial charge in [0.05, 0.1) is 26.5 Å². The van der Waals surface area contributed by atoms with Gasteiger partial charge >= 0.3 is 0 Å². The van der Waals surface area contributed by atoms with Crippen LogP contribution in [0.4, 0.5) is 5.69 Å². The molecule has 1 amide bonds. The highest BCUT2D eigenvalue weighted by Crippen LogP contribution is 2.28. The molecule has 0 fully saturated rings. The molecule has 5 heteroatoms. The number of rotatable bonds is 8. The predicted molar refractivity (Wildman–Crippen MR) is 116 cm³/mol. The average Bonchev–Trinajstić information content (AvgIpc) is 2.78. The topological polar surface area (TPSA) is 59.6 Å². The number of benzene rings is 3. The fourth-order valence-corrected chi connectivity index (χ4v) is 3.06. The fraction of sp³-hybridized carbons (Fsp3) is 0.208. The third-order valence-electron chi connectivity index (χ3n) is 4.77. The molecule has 2 N–H and O–H groups in total. The third-order valence-corrected chi connectivity index (χ3v) is 4.77. The number of carbonyl (C=O) groups excluding carboxylic acids is 1. The summed E-state index contributed by atoms with van der Waals surface area (Å²) in [5.41, 5.74) is 4.06. The smallest absolute Gasteiger partial charge is 0.238 e. The Labute approximate surface area is 171 Å². The van der Waals surface area contributed by atoms with E-state index in [0.29, 0.717) is 17.2 Å². The largest absolute Gasteiger partial charge is 0.497 e. The molecule has 0 aromatic heterocycles. The quantitative estimate of drug-likeness (QED) is 0.587. The molecule has 0 aliphatic heterocycles. The lowest BCUT2D eigenvalue weighted by molar-refractivity contribution is -0.115. The summed E-state index contributed by atoms with van der Waals surface area (Å²) < 4.78 is 10.5. The molecule has 0 radical (unpaired) electrons. The number of amides is 1. The number of hydrogen-bond donors (Lipinski definition) is 2. The van der Waals surface area contributed by atoms with E-state index in [1.165, 1.54) is 11.1 Å². The summed E-state index contributed by atoms with van der Waals surface area (Å²) in [7, 11) is 3.15. The van der Waals surface area contributed by atoms with Crippen LogP contribution in [0.1, 0.15) is 18.5 Å². The number of anilines is 1. The molecular formula is C24H26N2O3. The second-order valence-electron chi connectivity index (χ2n) is 6.71. The highest BCUT2D eigenvalue weighted by atomic mass is 16.5. The van der Waals surface area contributed by atoms with Gasteiger partial charge in [-0.1, -0.05) is 54.6 Å². The maximum atomic E-state index is 12.4. The van der Waals surface area contributed by atoms with Crippen molar-refractivity contribution in [3.63, 3.8) is 0 Å². The SMILES string of the molecule is COc1ccc(OC)c(NC(=O)CN[C@@H](C)c2ccc(-c3ccccc3)cc2)c1. The van der Waals surface area contributed by atoms with Gasteiger partial charge in [-0.05, 0) is 35.7 Å². The van der Waals surface area contributed by atoms with Gasteiger partial charge < -0.3 is 20.1 Å². The molecule has 0 bridgehead atoms. The van der Waals surface area contributed by atoms with Gasteiger partial charge in [0, 0.05) is 12.1 Å². The highest BCUT2D eigenvalue weighted by Gasteiger charge is 2.11. The molecule has 3 aromatic rings. The molecule has 0 aliphatic carbocycles. The number of methoxy groups -OCH3 is 2. The van der Waals surface area contributed by atoms with E-state index >= 15 is 0 Å². The van der Waals surface area contributed by atoms with Crippen LogP contribution < -0.4 is 20.1 Å². The number of nitrogens with one attached hydrogen (secondary N) is 2. The normalized spacial score (nSPS) is 11.6. The van der Waals surface area contributed by atoms with Gasteiger partial charge in [0.15, 0.2) is 0 Å². The zero-order valence-electron chi connectivity index (χ0n) is 16.9. The lowest BCUT2D eigenvalue weighted by Crippen LogP contribution is -2.30. The Bertz CT molecular complexity index is 940. The Kier molecular flexibility index (Phi) is 6.87. The van der Waals surface area contributed by atoms with Crippen molar-refractivity contribution in [1.82, 2.24) is 5.32 Å². The van der Waals surface area contributed by atoms with E-state index < -0.39 is 0 Å². The Morgan fingerprint density at radius 2 is 1.59 bits per heavy atom. The molecule has 0 saturated heterocycles. The molecular weight excluding hydrogens is 364 g/mol. The predicted octanol–water partition coefficient (Wildman–Crippen LogP) is 4.66. The maximum Gasteiger partial charge on any atom is 0.238 e. The molecule has 0 saturated carbocycles. The fourth-order valence-electron chi connectivity index (χ4n) is 3.06. The van der Waals surface area contributed by atoms with E-state index in [-0.39, 0.29) is 18.5 Å². The van der Waals surface area contributed by atoms with Crippen molar-refractivity contribution in [2.24, 2.45) is 0 Å². The van der Waals surface area contributed by atoms with Gasteiger partial charge in [-0.2, -0.15) is 0 Å². The first-order valence-corrected chi connectivity index (χ1v) is 9.51. The molecule has 0 heterocycles. The average molecular weight is 390 g/mol. The minimum atomic E-state index is -0.149. The zero-order valence-corrected chi connectivity index (χ0v) is 16.9. The summed E-state index contributed by atoms with van der Waals surface area (Å²) in [6.45, 7) is 2.22. The van der Waals surface area contributed by atoms with E-state index in [0.717, 1.165) is 5.56 Å². The maximum absolute atomic E-state index is 12.4. The molecule has 0 aliphatic rings. The molecule has 1 atom stereocenters. The van der Waals surface area contributed by atoms with Crippen molar-refractivity contribution in [1.29, 1.82) is 0 Å². The van der Waals surface area contributed by atoms with E-state index in [4.69, 9.17) is 9.47 Å². The van der Waals surface area contributed by atoms with E-state index in [1.54, 1.807) is 32.4 Å². The number of hydrogen-bond acceptors (Lipinski definition) is 4. The van der Waals surface area contributed by atoms with Gasteiger partial charge in [0.2, 0.25) is 5.91 Å². The summed E-state index contributed by atoms with van der Waals surface area (Å²) in [5, 5.41) is 6.13. The zero-order chi connectivity index (χ0) is 20.6. The second kappa shape index (κ2) is 9.75. The first kappa shape index (κ1) is 20.4. The van der Waals surface area contributed by atoms with Crippen LogP contribution in [0.2, 0.25) is 0 Å². The molecule has 3 rings (SSSR count). The Hall–Kier alpha value is -3.31. The lowest BCUT2D eigenvalue weighted by atomic mass is 10.0. The summed E-state index contributed by atoms with van der Waals surface area (Å²) in [4.78, 5) is 12.4. The van der Waals surface area contributed by atoms with Crippen LogP contribution in [-0.4, -0.2) is 26.7 Å². The Balaban J connectivity index is 1.58. The second-order valence-corrected chi connectivity index (χ2v) is 6.71. The van der Waals surface area contributed by atoms with Crippen LogP contribution in [0.15, 0.2) is 72.8 Å². The van der Waals surface area contributed by atoms with Gasteiger partial charge in [-0.15, -0.1) is 0 Å². The first-order valence-electron chi connectivity index (χ1n) is 9.51. The number of carbonyl (C=O) groups is 1. The molecule has 0 spiro atoms. The lowest BCUT2D eigenvalue weighted by Gasteiger charge is -2.16. The van der Waals surface area contributed by atoms with Crippen molar-refractivity contribution in [2.75, 3.05) is 26.1 Å². The summed E-state index contributed by atoms with van der Waals surface area (Å²) in [6.07, 6.45) is 0. The number of ether oxygens (including phenoxy) is 2. The van der Waals surface area contributed by atoms with E-state index in [9.17, 15) is 4.79 Å². The van der Waals surface area contributed by atoms with Gasteiger partial charge in [0.1, 0.15) is 11.5 Å². The van der Waals surface area contributed by atoms with Crippen LogP contribution in [0.5, 0.6) is 11.5 Å².